The minimum atomic E-state index is -0.461. The van der Waals surface area contributed by atoms with Gasteiger partial charge in [-0.15, -0.1) is 10.2 Å². The van der Waals surface area contributed by atoms with Crippen LogP contribution in [0.15, 0.2) is 75.4 Å². The first-order valence-electron chi connectivity index (χ1n) is 8.52. The van der Waals surface area contributed by atoms with Gasteiger partial charge in [-0.25, -0.2) is 0 Å². The Kier molecular flexibility index (Phi) is 4.96. The molecule has 9 heteroatoms. The highest BCUT2D eigenvalue weighted by Crippen LogP contribution is 2.34. The van der Waals surface area contributed by atoms with Gasteiger partial charge in [-0.05, 0) is 41.6 Å². The first-order valence-corrected chi connectivity index (χ1v) is 9.34. The van der Waals surface area contributed by atoms with Crippen LogP contribution in [0, 0.1) is 10.1 Å². The molecule has 0 radical (unpaired) electrons. The fourth-order valence-electron chi connectivity index (χ4n) is 2.69. The number of allylic oxidation sites excluding steroid dienone is 1. The van der Waals surface area contributed by atoms with E-state index < -0.39 is 4.92 Å². The van der Waals surface area contributed by atoms with Gasteiger partial charge in [0.2, 0.25) is 5.78 Å². The van der Waals surface area contributed by atoms with Crippen molar-refractivity contribution >= 4 is 40.3 Å². The highest BCUT2D eigenvalue weighted by atomic mass is 32.2. The molecule has 0 bridgehead atoms. The van der Waals surface area contributed by atoms with E-state index in [1.165, 1.54) is 24.5 Å². The second-order valence-electron chi connectivity index (χ2n) is 6.16. The molecule has 4 rings (SSSR count). The Morgan fingerprint density at radius 2 is 2.07 bits per heavy atom. The number of aromatic nitrogens is 3. The van der Waals surface area contributed by atoms with E-state index in [-0.39, 0.29) is 17.2 Å². The Morgan fingerprint density at radius 1 is 1.24 bits per heavy atom. The van der Waals surface area contributed by atoms with Crippen molar-refractivity contribution in [2.75, 3.05) is 0 Å². The summed E-state index contributed by atoms with van der Waals surface area (Å²) < 4.78 is 7.22. The van der Waals surface area contributed by atoms with Crippen molar-refractivity contribution < 1.29 is 14.1 Å². The topological polar surface area (TPSA) is 104 Å². The molecule has 0 amide bonds. The van der Waals surface area contributed by atoms with Crippen molar-refractivity contribution in [2.45, 2.75) is 10.1 Å². The van der Waals surface area contributed by atoms with Gasteiger partial charge in [-0.1, -0.05) is 30.3 Å². The standard InChI is InChI=1S/C20H14N4O4S/c1-23-12-21-22-20(23)29-19-9-7-13(10-15(19)24(26)27)6-8-16(25)18-11-14-4-2-3-5-17(14)28-18/h2-12H,1H3. The van der Waals surface area contributed by atoms with E-state index in [2.05, 4.69) is 10.2 Å². The van der Waals surface area contributed by atoms with E-state index >= 15 is 0 Å². The molecular formula is C20H14N4O4S. The van der Waals surface area contributed by atoms with Crippen LogP contribution in [0.2, 0.25) is 0 Å². The molecule has 0 unspecified atom stereocenters. The summed E-state index contributed by atoms with van der Waals surface area (Å²) >= 11 is 1.15. The molecule has 0 atom stereocenters. The fraction of sp³-hybridized carbons (Fsp3) is 0.0500. The number of rotatable bonds is 6. The number of nitro groups is 1. The number of aryl methyl sites for hydroxylation is 1. The number of fused-ring (bicyclic) bond motifs is 1. The van der Waals surface area contributed by atoms with Crippen LogP contribution in [-0.2, 0) is 7.05 Å². The van der Waals surface area contributed by atoms with Gasteiger partial charge in [0.1, 0.15) is 11.9 Å². The molecule has 2 heterocycles. The molecule has 0 N–H and O–H groups in total. The average Bonchev–Trinajstić information content (AvgIpc) is 3.33. The molecule has 0 spiro atoms. The van der Waals surface area contributed by atoms with Crippen LogP contribution in [0.3, 0.4) is 0 Å². The molecule has 8 nitrogen and oxygen atoms in total. The van der Waals surface area contributed by atoms with Crippen LogP contribution in [0.5, 0.6) is 0 Å². The number of nitrogens with zero attached hydrogens (tertiary/aromatic N) is 4. The number of hydrogen-bond acceptors (Lipinski definition) is 7. The Morgan fingerprint density at radius 3 is 2.79 bits per heavy atom. The molecule has 0 saturated heterocycles. The van der Waals surface area contributed by atoms with Gasteiger partial charge in [0.15, 0.2) is 10.9 Å². The number of carbonyl (C=O) groups excluding carboxylic acids is 1. The minimum absolute atomic E-state index is 0.0728. The molecule has 0 saturated carbocycles. The Labute approximate surface area is 169 Å². The Bertz CT molecular complexity index is 1230. The average molecular weight is 406 g/mol. The summed E-state index contributed by atoms with van der Waals surface area (Å²) in [6.07, 6.45) is 4.39. The van der Waals surface area contributed by atoms with Crippen molar-refractivity contribution in [3.05, 3.63) is 82.4 Å². The molecule has 0 aliphatic carbocycles. The number of benzene rings is 2. The largest absolute Gasteiger partial charge is 0.453 e. The van der Waals surface area contributed by atoms with Crippen molar-refractivity contribution in [1.82, 2.24) is 14.8 Å². The molecule has 4 aromatic rings. The second kappa shape index (κ2) is 7.72. The van der Waals surface area contributed by atoms with Gasteiger partial charge in [0, 0.05) is 18.5 Å². The van der Waals surface area contributed by atoms with Crippen molar-refractivity contribution in [3.63, 3.8) is 0 Å². The molecule has 2 aromatic heterocycles. The lowest BCUT2D eigenvalue weighted by atomic mass is 10.1. The predicted molar refractivity (Wildman–Crippen MR) is 108 cm³/mol. The van der Waals surface area contributed by atoms with Crippen molar-refractivity contribution in [2.24, 2.45) is 7.05 Å². The molecule has 0 fully saturated rings. The van der Waals surface area contributed by atoms with Gasteiger partial charge < -0.3 is 8.98 Å². The zero-order valence-electron chi connectivity index (χ0n) is 15.2. The molecule has 0 aliphatic rings. The van der Waals surface area contributed by atoms with Gasteiger partial charge in [-0.2, -0.15) is 0 Å². The van der Waals surface area contributed by atoms with E-state index in [1.54, 1.807) is 35.9 Å². The third kappa shape index (κ3) is 3.94. The monoisotopic (exact) mass is 406 g/mol. The molecule has 0 aliphatic heterocycles. The number of ketones is 1. The van der Waals surface area contributed by atoms with E-state index in [9.17, 15) is 14.9 Å². The second-order valence-corrected chi connectivity index (χ2v) is 7.17. The number of nitro benzene ring substituents is 1. The molecule has 2 aromatic carbocycles. The summed E-state index contributed by atoms with van der Waals surface area (Å²) in [5.41, 5.74) is 1.09. The number of para-hydroxylation sites is 1. The summed E-state index contributed by atoms with van der Waals surface area (Å²) in [5, 5.41) is 20.6. The normalized spacial score (nSPS) is 11.3. The zero-order chi connectivity index (χ0) is 20.4. The minimum Gasteiger partial charge on any atom is -0.453 e. The summed E-state index contributed by atoms with van der Waals surface area (Å²) in [6.45, 7) is 0. The maximum absolute atomic E-state index is 12.4. The maximum Gasteiger partial charge on any atom is 0.283 e. The molecule has 144 valence electrons. The SMILES string of the molecule is Cn1cnnc1Sc1ccc(C=CC(=O)c2cc3ccccc3o2)cc1[N+](=O)[O-]. The summed E-state index contributed by atoms with van der Waals surface area (Å²) in [6, 6.07) is 13.8. The Balaban J connectivity index is 1.58. The summed E-state index contributed by atoms with van der Waals surface area (Å²) in [5.74, 6) is -0.104. The summed E-state index contributed by atoms with van der Waals surface area (Å²) in [7, 11) is 1.76. The lowest BCUT2D eigenvalue weighted by molar-refractivity contribution is -0.387. The van der Waals surface area contributed by atoms with Crippen LogP contribution in [0.1, 0.15) is 16.1 Å². The van der Waals surface area contributed by atoms with E-state index in [0.29, 0.717) is 21.2 Å². The molecule has 29 heavy (non-hydrogen) atoms. The van der Waals surface area contributed by atoms with Crippen LogP contribution in [-0.4, -0.2) is 25.5 Å². The Hall–Kier alpha value is -3.72. The lowest BCUT2D eigenvalue weighted by Gasteiger charge is -2.03. The van der Waals surface area contributed by atoms with E-state index in [1.807, 2.05) is 18.2 Å². The smallest absolute Gasteiger partial charge is 0.283 e. The van der Waals surface area contributed by atoms with Crippen LogP contribution >= 0.6 is 11.8 Å². The van der Waals surface area contributed by atoms with Gasteiger partial charge >= 0.3 is 0 Å². The number of carbonyl (C=O) groups is 1. The first kappa shape index (κ1) is 18.6. The third-order valence-corrected chi connectivity index (χ3v) is 5.26. The first-order chi connectivity index (χ1) is 14.0. The van der Waals surface area contributed by atoms with Gasteiger partial charge in [0.05, 0.1) is 9.82 Å². The van der Waals surface area contributed by atoms with Crippen LogP contribution < -0.4 is 0 Å². The fourth-order valence-corrected chi connectivity index (χ4v) is 3.54. The maximum atomic E-state index is 12.4. The van der Waals surface area contributed by atoms with Crippen LogP contribution in [0.4, 0.5) is 5.69 Å². The zero-order valence-corrected chi connectivity index (χ0v) is 16.0. The molecular weight excluding hydrogens is 392 g/mol. The van der Waals surface area contributed by atoms with Gasteiger partial charge in [0.25, 0.3) is 5.69 Å². The quantitative estimate of drug-likeness (QED) is 0.201. The summed E-state index contributed by atoms with van der Waals surface area (Å²) in [4.78, 5) is 23.9. The number of furan rings is 1. The van der Waals surface area contributed by atoms with Crippen molar-refractivity contribution in [1.29, 1.82) is 0 Å². The van der Waals surface area contributed by atoms with Crippen molar-refractivity contribution in [3.8, 4) is 0 Å². The third-order valence-electron chi connectivity index (χ3n) is 4.15. The lowest BCUT2D eigenvalue weighted by Crippen LogP contribution is -1.94. The van der Waals surface area contributed by atoms with E-state index in [4.69, 9.17) is 4.42 Å². The highest BCUT2D eigenvalue weighted by molar-refractivity contribution is 7.99. The van der Waals surface area contributed by atoms with Gasteiger partial charge in [-0.3, -0.25) is 14.9 Å². The highest BCUT2D eigenvalue weighted by Gasteiger charge is 2.17. The van der Waals surface area contributed by atoms with Crippen LogP contribution in [0.25, 0.3) is 17.0 Å². The predicted octanol–water partition coefficient (Wildman–Crippen LogP) is 4.52. The number of hydrogen-bond donors (Lipinski definition) is 0. The van der Waals surface area contributed by atoms with E-state index in [0.717, 1.165) is 17.1 Å².